The van der Waals surface area contributed by atoms with Crippen LogP contribution >= 0.6 is 0 Å². The summed E-state index contributed by atoms with van der Waals surface area (Å²) in [5.41, 5.74) is 1.22. The van der Waals surface area contributed by atoms with Crippen LogP contribution in [0.5, 0.6) is 0 Å². The molecule has 110 valence electrons. The first kappa shape index (κ1) is 12.8. The van der Waals surface area contributed by atoms with E-state index in [0.717, 1.165) is 50.5 Å². The molecule has 4 heterocycles. The molecule has 2 aliphatic rings. The maximum absolute atomic E-state index is 5.60. The Balaban J connectivity index is 1.67. The Hall–Kier alpha value is -1.95. The smallest absolute Gasteiger partial charge is 0.261 e. The Kier molecular flexibility index (Phi) is 2.92. The summed E-state index contributed by atoms with van der Waals surface area (Å²) in [4.78, 5) is 11.2. The number of hydrogen-bond donors (Lipinski definition) is 0. The van der Waals surface area contributed by atoms with Gasteiger partial charge in [0.2, 0.25) is 0 Å². The third-order valence-electron chi connectivity index (χ3n) is 4.47. The summed E-state index contributed by atoms with van der Waals surface area (Å²) >= 11 is 0. The summed E-state index contributed by atoms with van der Waals surface area (Å²) in [5.74, 6) is 2.12. The van der Waals surface area contributed by atoms with E-state index < -0.39 is 0 Å². The van der Waals surface area contributed by atoms with Gasteiger partial charge in [-0.2, -0.15) is 4.98 Å². The number of aromatic nitrogens is 3. The van der Waals surface area contributed by atoms with Gasteiger partial charge in [0.1, 0.15) is 5.82 Å². The van der Waals surface area contributed by atoms with Crippen LogP contribution in [0, 0.1) is 12.3 Å². The van der Waals surface area contributed by atoms with E-state index in [4.69, 9.17) is 9.26 Å². The highest BCUT2D eigenvalue weighted by Gasteiger charge is 2.42. The zero-order valence-electron chi connectivity index (χ0n) is 12.1. The fourth-order valence-electron chi connectivity index (χ4n) is 3.31. The van der Waals surface area contributed by atoms with E-state index >= 15 is 0 Å². The molecule has 1 atom stereocenters. The second kappa shape index (κ2) is 4.80. The van der Waals surface area contributed by atoms with Crippen molar-refractivity contribution in [1.29, 1.82) is 0 Å². The molecule has 0 saturated carbocycles. The molecule has 0 aromatic carbocycles. The van der Waals surface area contributed by atoms with Crippen LogP contribution in [-0.2, 0) is 4.74 Å². The molecule has 1 unspecified atom stereocenters. The van der Waals surface area contributed by atoms with Gasteiger partial charge in [0.15, 0.2) is 5.82 Å². The Morgan fingerprint density at radius 3 is 3.05 bits per heavy atom. The monoisotopic (exact) mass is 286 g/mol. The first-order chi connectivity index (χ1) is 10.3. The van der Waals surface area contributed by atoms with Crippen molar-refractivity contribution in [2.45, 2.75) is 19.8 Å². The highest BCUT2D eigenvalue weighted by Crippen LogP contribution is 2.41. The average molecular weight is 286 g/mol. The molecule has 1 spiro atoms. The van der Waals surface area contributed by atoms with Crippen LogP contribution in [0.15, 0.2) is 22.9 Å². The second-order valence-electron chi connectivity index (χ2n) is 6.00. The summed E-state index contributed by atoms with van der Waals surface area (Å²) in [6.07, 6.45) is 4.12. The predicted octanol–water partition coefficient (Wildman–Crippen LogP) is 2.06. The van der Waals surface area contributed by atoms with E-state index in [1.54, 1.807) is 0 Å². The van der Waals surface area contributed by atoms with E-state index in [-0.39, 0.29) is 0 Å². The zero-order chi connectivity index (χ0) is 14.3. The van der Waals surface area contributed by atoms with Gasteiger partial charge in [0, 0.05) is 31.3 Å². The zero-order valence-corrected chi connectivity index (χ0v) is 12.1. The summed E-state index contributed by atoms with van der Waals surface area (Å²) in [6, 6.07) is 3.90. The number of ether oxygens (including phenoxy) is 1. The van der Waals surface area contributed by atoms with E-state index in [1.165, 1.54) is 0 Å². The molecule has 2 fully saturated rings. The molecule has 0 N–H and O–H groups in total. The van der Waals surface area contributed by atoms with Crippen LogP contribution in [0.4, 0.5) is 5.82 Å². The van der Waals surface area contributed by atoms with Gasteiger partial charge in [-0.25, -0.2) is 4.98 Å². The summed E-state index contributed by atoms with van der Waals surface area (Å²) in [6.45, 7) is 5.56. The summed E-state index contributed by atoms with van der Waals surface area (Å²) in [5, 5.41) is 3.88. The minimum atomic E-state index is 0.305. The minimum absolute atomic E-state index is 0.305. The van der Waals surface area contributed by atoms with Gasteiger partial charge in [-0.05, 0) is 31.9 Å². The summed E-state index contributed by atoms with van der Waals surface area (Å²) < 4.78 is 10.9. The van der Waals surface area contributed by atoms with Crippen LogP contribution in [-0.4, -0.2) is 41.4 Å². The Labute approximate surface area is 123 Å². The normalized spacial score (nSPS) is 25.1. The van der Waals surface area contributed by atoms with Crippen LogP contribution in [0.3, 0.4) is 0 Å². The van der Waals surface area contributed by atoms with Crippen molar-refractivity contribution in [3.05, 3.63) is 24.2 Å². The first-order valence-electron chi connectivity index (χ1n) is 7.34. The molecule has 0 radical (unpaired) electrons. The highest BCUT2D eigenvalue weighted by atomic mass is 16.5. The van der Waals surface area contributed by atoms with Gasteiger partial charge in [0.05, 0.1) is 12.2 Å². The first-order valence-corrected chi connectivity index (χ1v) is 7.34. The van der Waals surface area contributed by atoms with Crippen molar-refractivity contribution >= 4 is 5.82 Å². The van der Waals surface area contributed by atoms with E-state index in [0.29, 0.717) is 17.1 Å². The van der Waals surface area contributed by atoms with Crippen molar-refractivity contribution < 1.29 is 9.26 Å². The fourth-order valence-corrected chi connectivity index (χ4v) is 3.31. The minimum Gasteiger partial charge on any atom is -0.381 e. The van der Waals surface area contributed by atoms with E-state index in [1.807, 2.05) is 25.3 Å². The Morgan fingerprint density at radius 1 is 1.33 bits per heavy atom. The molecule has 0 amide bonds. The largest absolute Gasteiger partial charge is 0.381 e. The van der Waals surface area contributed by atoms with Gasteiger partial charge >= 0.3 is 0 Å². The Bertz CT molecular complexity index is 649. The predicted molar refractivity (Wildman–Crippen MR) is 77.0 cm³/mol. The van der Waals surface area contributed by atoms with Crippen LogP contribution in [0.25, 0.3) is 11.5 Å². The molecule has 6 heteroatoms. The van der Waals surface area contributed by atoms with Crippen LogP contribution < -0.4 is 4.90 Å². The lowest BCUT2D eigenvalue weighted by Crippen LogP contribution is -2.28. The maximum atomic E-state index is 5.60. The number of rotatable bonds is 2. The van der Waals surface area contributed by atoms with Crippen molar-refractivity contribution in [2.24, 2.45) is 5.41 Å². The van der Waals surface area contributed by atoms with Crippen LogP contribution in [0.2, 0.25) is 0 Å². The van der Waals surface area contributed by atoms with Gasteiger partial charge in [0.25, 0.3) is 5.89 Å². The molecule has 0 aliphatic carbocycles. The molecule has 6 nitrogen and oxygen atoms in total. The number of hydrogen-bond acceptors (Lipinski definition) is 6. The molecule has 2 aromatic heterocycles. The second-order valence-corrected chi connectivity index (χ2v) is 6.00. The lowest BCUT2D eigenvalue weighted by molar-refractivity contribution is 0.160. The fraction of sp³-hybridized carbons (Fsp3) is 0.533. The molecular weight excluding hydrogens is 268 g/mol. The third-order valence-corrected chi connectivity index (χ3v) is 4.47. The molecule has 2 aliphatic heterocycles. The molecule has 0 bridgehead atoms. The quantitative estimate of drug-likeness (QED) is 0.842. The molecule has 2 saturated heterocycles. The number of aryl methyl sites for hydroxylation is 1. The lowest BCUT2D eigenvalue weighted by atomic mass is 9.87. The topological polar surface area (TPSA) is 64.3 Å². The van der Waals surface area contributed by atoms with E-state index in [2.05, 4.69) is 20.0 Å². The maximum Gasteiger partial charge on any atom is 0.261 e. The standard InChI is InChI=1S/C15H18N4O2/c1-11-17-14(21-18-11)12-3-2-6-16-13(12)19-7-4-15(9-19)5-8-20-10-15/h2-3,6H,4-5,7-10H2,1H3. The van der Waals surface area contributed by atoms with Gasteiger partial charge in [-0.15, -0.1) is 0 Å². The number of nitrogens with zero attached hydrogens (tertiary/aromatic N) is 4. The Morgan fingerprint density at radius 2 is 2.29 bits per heavy atom. The van der Waals surface area contributed by atoms with Crippen molar-refractivity contribution in [1.82, 2.24) is 15.1 Å². The average Bonchev–Trinajstić information content (AvgIpc) is 3.22. The van der Waals surface area contributed by atoms with Crippen LogP contribution in [0.1, 0.15) is 18.7 Å². The lowest BCUT2D eigenvalue weighted by Gasteiger charge is -2.23. The van der Waals surface area contributed by atoms with Gasteiger partial charge in [-0.1, -0.05) is 5.16 Å². The van der Waals surface area contributed by atoms with Gasteiger partial charge in [-0.3, -0.25) is 0 Å². The number of pyridine rings is 1. The highest BCUT2D eigenvalue weighted by molar-refractivity contribution is 5.70. The number of anilines is 1. The van der Waals surface area contributed by atoms with Gasteiger partial charge < -0.3 is 14.2 Å². The molecule has 4 rings (SSSR count). The van der Waals surface area contributed by atoms with E-state index in [9.17, 15) is 0 Å². The summed E-state index contributed by atoms with van der Waals surface area (Å²) in [7, 11) is 0. The molecular formula is C15H18N4O2. The van der Waals surface area contributed by atoms with Crippen molar-refractivity contribution in [2.75, 3.05) is 31.2 Å². The van der Waals surface area contributed by atoms with Crippen molar-refractivity contribution in [3.8, 4) is 11.5 Å². The molecule has 2 aromatic rings. The van der Waals surface area contributed by atoms with Crippen molar-refractivity contribution in [3.63, 3.8) is 0 Å². The molecule has 21 heavy (non-hydrogen) atoms. The SMILES string of the molecule is Cc1noc(-c2cccnc2N2CCC3(CCOC3)C2)n1. The third kappa shape index (κ3) is 2.19.